The molecule has 0 aliphatic carbocycles. The number of hydrogen-bond acceptors (Lipinski definition) is 2. The lowest BCUT2D eigenvalue weighted by Crippen LogP contribution is -2.12. The second kappa shape index (κ2) is 6.21. The Labute approximate surface area is 123 Å². The number of carbonyl (C=O) groups is 1. The summed E-state index contributed by atoms with van der Waals surface area (Å²) in [6.45, 7) is 0. The Balaban J connectivity index is 2.20. The zero-order valence-electron chi connectivity index (χ0n) is 10.1. The minimum Gasteiger partial charge on any atom is -0.322 e. The second-order valence-corrected chi connectivity index (χ2v) is 5.64. The van der Waals surface area contributed by atoms with E-state index in [-0.39, 0.29) is 11.5 Å². The summed E-state index contributed by atoms with van der Waals surface area (Å²) in [5.74, 6) is -0.782. The fourth-order valence-corrected chi connectivity index (χ4v) is 2.51. The third kappa shape index (κ3) is 3.81. The minimum atomic E-state index is -0.447. The summed E-state index contributed by atoms with van der Waals surface area (Å²) >= 11 is 4.76. The van der Waals surface area contributed by atoms with Gasteiger partial charge in [-0.1, -0.05) is 22.0 Å². The van der Waals surface area contributed by atoms with Crippen LogP contribution in [0.5, 0.6) is 0 Å². The van der Waals surface area contributed by atoms with Crippen molar-refractivity contribution >= 4 is 39.3 Å². The standard InChI is InChI=1S/C14H11BrFNOS/c1-19-13-4-2-3-12(8-13)17-14(18)9-5-10(15)7-11(16)6-9/h2-8H,1H3,(H,17,18). The van der Waals surface area contributed by atoms with Crippen LogP contribution in [0.4, 0.5) is 10.1 Å². The summed E-state index contributed by atoms with van der Waals surface area (Å²) in [7, 11) is 0. The molecule has 0 unspecified atom stereocenters. The van der Waals surface area contributed by atoms with Gasteiger partial charge in [-0.15, -0.1) is 11.8 Å². The van der Waals surface area contributed by atoms with Gasteiger partial charge < -0.3 is 5.32 Å². The van der Waals surface area contributed by atoms with Gasteiger partial charge in [0.2, 0.25) is 0 Å². The van der Waals surface area contributed by atoms with Gasteiger partial charge in [0.25, 0.3) is 5.91 Å². The first-order chi connectivity index (χ1) is 9.08. The maximum absolute atomic E-state index is 13.2. The fourth-order valence-electron chi connectivity index (χ4n) is 1.59. The van der Waals surface area contributed by atoms with Crippen molar-refractivity contribution in [1.82, 2.24) is 0 Å². The summed E-state index contributed by atoms with van der Waals surface area (Å²) in [4.78, 5) is 13.1. The van der Waals surface area contributed by atoms with E-state index in [0.29, 0.717) is 10.2 Å². The maximum atomic E-state index is 13.2. The number of hydrogen-bond donors (Lipinski definition) is 1. The van der Waals surface area contributed by atoms with Crippen LogP contribution in [0.25, 0.3) is 0 Å². The van der Waals surface area contributed by atoms with Crippen LogP contribution >= 0.6 is 27.7 Å². The lowest BCUT2D eigenvalue weighted by atomic mass is 10.2. The van der Waals surface area contributed by atoms with E-state index in [1.165, 1.54) is 12.1 Å². The van der Waals surface area contributed by atoms with Crippen molar-refractivity contribution in [2.45, 2.75) is 4.90 Å². The molecule has 5 heteroatoms. The minimum absolute atomic E-state index is 0.279. The third-order valence-electron chi connectivity index (χ3n) is 2.45. The summed E-state index contributed by atoms with van der Waals surface area (Å²) in [5.41, 5.74) is 0.971. The Hall–Kier alpha value is -1.33. The molecule has 2 aromatic rings. The molecule has 0 atom stereocenters. The van der Waals surface area contributed by atoms with Crippen LogP contribution in [-0.2, 0) is 0 Å². The molecule has 2 nitrogen and oxygen atoms in total. The predicted octanol–water partition coefficient (Wildman–Crippen LogP) is 4.56. The molecule has 0 saturated heterocycles. The van der Waals surface area contributed by atoms with Crippen LogP contribution in [-0.4, -0.2) is 12.2 Å². The van der Waals surface area contributed by atoms with Gasteiger partial charge in [-0.2, -0.15) is 0 Å². The van der Waals surface area contributed by atoms with Crippen LogP contribution in [0, 0.1) is 5.82 Å². The van der Waals surface area contributed by atoms with E-state index in [4.69, 9.17) is 0 Å². The van der Waals surface area contributed by atoms with Crippen molar-refractivity contribution in [3.05, 3.63) is 58.3 Å². The van der Waals surface area contributed by atoms with Crippen molar-refractivity contribution in [2.24, 2.45) is 0 Å². The second-order valence-electron chi connectivity index (χ2n) is 3.84. The number of rotatable bonds is 3. The van der Waals surface area contributed by atoms with E-state index in [9.17, 15) is 9.18 Å². The van der Waals surface area contributed by atoms with E-state index in [1.807, 2.05) is 24.5 Å². The molecule has 1 N–H and O–H groups in total. The van der Waals surface area contributed by atoms with E-state index in [2.05, 4.69) is 21.2 Å². The van der Waals surface area contributed by atoms with Crippen molar-refractivity contribution < 1.29 is 9.18 Å². The molecule has 2 rings (SSSR count). The number of thioether (sulfide) groups is 1. The summed E-state index contributed by atoms with van der Waals surface area (Å²) in [6, 6.07) is 11.6. The molecule has 0 spiro atoms. The lowest BCUT2D eigenvalue weighted by Gasteiger charge is -2.07. The zero-order chi connectivity index (χ0) is 13.8. The predicted molar refractivity (Wildman–Crippen MR) is 80.3 cm³/mol. The van der Waals surface area contributed by atoms with Crippen LogP contribution in [0.2, 0.25) is 0 Å². The monoisotopic (exact) mass is 339 g/mol. The first kappa shape index (κ1) is 14.1. The molecule has 0 aromatic heterocycles. The Morgan fingerprint density at radius 1 is 1.26 bits per heavy atom. The Kier molecular flexibility index (Phi) is 4.61. The highest BCUT2D eigenvalue weighted by atomic mass is 79.9. The highest BCUT2D eigenvalue weighted by Crippen LogP contribution is 2.20. The highest BCUT2D eigenvalue weighted by Gasteiger charge is 2.09. The average Bonchev–Trinajstić information content (AvgIpc) is 2.37. The van der Waals surface area contributed by atoms with E-state index in [1.54, 1.807) is 23.9 Å². The fraction of sp³-hybridized carbons (Fsp3) is 0.0714. The molecule has 98 valence electrons. The number of nitrogens with one attached hydrogen (secondary N) is 1. The van der Waals surface area contributed by atoms with Crippen LogP contribution < -0.4 is 5.32 Å². The van der Waals surface area contributed by atoms with Gasteiger partial charge >= 0.3 is 0 Å². The van der Waals surface area contributed by atoms with Gasteiger partial charge in [-0.3, -0.25) is 4.79 Å². The first-order valence-electron chi connectivity index (χ1n) is 5.50. The topological polar surface area (TPSA) is 29.1 Å². The number of halogens is 2. The molecule has 0 aliphatic rings. The Morgan fingerprint density at radius 2 is 2.05 bits per heavy atom. The van der Waals surface area contributed by atoms with Crippen LogP contribution in [0.3, 0.4) is 0 Å². The van der Waals surface area contributed by atoms with Crippen molar-refractivity contribution in [3.8, 4) is 0 Å². The van der Waals surface area contributed by atoms with E-state index < -0.39 is 5.82 Å². The highest BCUT2D eigenvalue weighted by molar-refractivity contribution is 9.10. The zero-order valence-corrected chi connectivity index (χ0v) is 12.5. The molecular formula is C14H11BrFNOS. The van der Waals surface area contributed by atoms with Crippen molar-refractivity contribution in [2.75, 3.05) is 11.6 Å². The van der Waals surface area contributed by atoms with Gasteiger partial charge in [0.05, 0.1) is 0 Å². The van der Waals surface area contributed by atoms with Crippen LogP contribution in [0.1, 0.15) is 10.4 Å². The molecule has 0 fully saturated rings. The van der Waals surface area contributed by atoms with Gasteiger partial charge in [0.1, 0.15) is 5.82 Å². The number of anilines is 1. The quantitative estimate of drug-likeness (QED) is 0.830. The first-order valence-corrected chi connectivity index (χ1v) is 7.52. The average molecular weight is 340 g/mol. The number of amides is 1. The van der Waals surface area contributed by atoms with Crippen molar-refractivity contribution in [1.29, 1.82) is 0 Å². The van der Waals surface area contributed by atoms with Gasteiger partial charge in [0, 0.05) is 20.6 Å². The van der Waals surface area contributed by atoms with E-state index in [0.717, 1.165) is 4.90 Å². The summed E-state index contributed by atoms with van der Waals surface area (Å²) in [5, 5.41) is 2.75. The summed E-state index contributed by atoms with van der Waals surface area (Å²) < 4.78 is 13.8. The Bertz CT molecular complexity index is 598. The molecule has 0 saturated carbocycles. The summed E-state index contributed by atoms with van der Waals surface area (Å²) in [6.07, 6.45) is 1.96. The molecular weight excluding hydrogens is 329 g/mol. The molecule has 2 aromatic carbocycles. The molecule has 0 heterocycles. The molecule has 0 bridgehead atoms. The third-order valence-corrected chi connectivity index (χ3v) is 3.64. The van der Waals surface area contributed by atoms with Crippen LogP contribution in [0.15, 0.2) is 51.8 Å². The van der Waals surface area contributed by atoms with E-state index >= 15 is 0 Å². The SMILES string of the molecule is CSc1cccc(NC(=O)c2cc(F)cc(Br)c2)c1. The largest absolute Gasteiger partial charge is 0.322 e. The molecule has 19 heavy (non-hydrogen) atoms. The van der Waals surface area contributed by atoms with Gasteiger partial charge in [-0.25, -0.2) is 4.39 Å². The maximum Gasteiger partial charge on any atom is 0.255 e. The smallest absolute Gasteiger partial charge is 0.255 e. The lowest BCUT2D eigenvalue weighted by molar-refractivity contribution is 0.102. The Morgan fingerprint density at radius 3 is 2.74 bits per heavy atom. The normalized spacial score (nSPS) is 10.3. The van der Waals surface area contributed by atoms with Gasteiger partial charge in [-0.05, 0) is 42.7 Å². The molecule has 1 amide bonds. The number of carbonyl (C=O) groups excluding carboxylic acids is 1. The van der Waals surface area contributed by atoms with Crippen molar-refractivity contribution in [3.63, 3.8) is 0 Å². The number of benzene rings is 2. The van der Waals surface area contributed by atoms with Gasteiger partial charge in [0.15, 0.2) is 0 Å². The molecule has 0 radical (unpaired) electrons. The molecule has 0 aliphatic heterocycles.